The van der Waals surface area contributed by atoms with Crippen molar-refractivity contribution < 1.29 is 19.4 Å². The minimum atomic E-state index is -0.951. The SMILES string of the molecule is CCOC(=O)CC(O)CN1C(=O)N(C)Cc2ccccc21. The fraction of sp³-hybridized carbons (Fsp3) is 0.467. The largest absolute Gasteiger partial charge is 0.466 e. The number of anilines is 1. The summed E-state index contributed by atoms with van der Waals surface area (Å²) in [4.78, 5) is 26.7. The Labute approximate surface area is 123 Å². The Morgan fingerprint density at radius 1 is 1.43 bits per heavy atom. The Kier molecular flexibility index (Phi) is 4.80. The summed E-state index contributed by atoms with van der Waals surface area (Å²) in [5, 5.41) is 10.0. The maximum Gasteiger partial charge on any atom is 0.324 e. The molecule has 21 heavy (non-hydrogen) atoms. The molecular weight excluding hydrogens is 272 g/mol. The first-order valence-corrected chi connectivity index (χ1v) is 6.97. The highest BCUT2D eigenvalue weighted by atomic mass is 16.5. The van der Waals surface area contributed by atoms with Crippen LogP contribution in [-0.2, 0) is 16.1 Å². The van der Waals surface area contributed by atoms with Crippen molar-refractivity contribution in [2.24, 2.45) is 0 Å². The van der Waals surface area contributed by atoms with E-state index in [4.69, 9.17) is 4.74 Å². The number of amides is 2. The van der Waals surface area contributed by atoms with E-state index in [0.717, 1.165) is 11.3 Å². The lowest BCUT2D eigenvalue weighted by atomic mass is 10.1. The van der Waals surface area contributed by atoms with Crippen LogP contribution in [0.25, 0.3) is 0 Å². The topological polar surface area (TPSA) is 70.1 Å². The molecule has 2 amide bonds. The van der Waals surface area contributed by atoms with Gasteiger partial charge in [0.25, 0.3) is 0 Å². The van der Waals surface area contributed by atoms with Gasteiger partial charge in [-0.25, -0.2) is 4.79 Å². The average Bonchev–Trinajstić information content (AvgIpc) is 2.44. The van der Waals surface area contributed by atoms with Gasteiger partial charge in [-0.05, 0) is 18.6 Å². The van der Waals surface area contributed by atoms with E-state index in [1.807, 2.05) is 24.3 Å². The quantitative estimate of drug-likeness (QED) is 0.832. The van der Waals surface area contributed by atoms with Crippen molar-refractivity contribution in [2.45, 2.75) is 26.0 Å². The predicted octanol–water partition coefficient (Wildman–Crippen LogP) is 1.37. The first-order valence-electron chi connectivity index (χ1n) is 6.97. The van der Waals surface area contributed by atoms with Crippen molar-refractivity contribution in [3.63, 3.8) is 0 Å². The number of ether oxygens (including phenoxy) is 1. The van der Waals surface area contributed by atoms with Gasteiger partial charge in [0, 0.05) is 13.6 Å². The van der Waals surface area contributed by atoms with Gasteiger partial charge in [-0.2, -0.15) is 0 Å². The number of para-hydroxylation sites is 1. The summed E-state index contributed by atoms with van der Waals surface area (Å²) in [5.74, 6) is -0.462. The van der Waals surface area contributed by atoms with E-state index >= 15 is 0 Å². The zero-order chi connectivity index (χ0) is 15.4. The third-order valence-corrected chi connectivity index (χ3v) is 3.35. The van der Waals surface area contributed by atoms with E-state index in [-0.39, 0.29) is 25.6 Å². The molecule has 0 aromatic heterocycles. The summed E-state index contributed by atoms with van der Waals surface area (Å²) < 4.78 is 4.81. The molecule has 1 heterocycles. The van der Waals surface area contributed by atoms with Crippen LogP contribution in [0.2, 0.25) is 0 Å². The predicted molar refractivity (Wildman–Crippen MR) is 77.9 cm³/mol. The fourth-order valence-electron chi connectivity index (χ4n) is 2.40. The smallest absolute Gasteiger partial charge is 0.324 e. The van der Waals surface area contributed by atoms with Crippen molar-refractivity contribution in [3.8, 4) is 0 Å². The van der Waals surface area contributed by atoms with E-state index in [2.05, 4.69) is 0 Å². The number of hydrogen-bond acceptors (Lipinski definition) is 4. The van der Waals surface area contributed by atoms with E-state index in [1.54, 1.807) is 18.9 Å². The molecular formula is C15H20N2O4. The molecule has 0 radical (unpaired) electrons. The number of nitrogens with zero attached hydrogens (tertiary/aromatic N) is 2. The van der Waals surface area contributed by atoms with Crippen LogP contribution in [0.3, 0.4) is 0 Å². The molecule has 1 unspecified atom stereocenters. The lowest BCUT2D eigenvalue weighted by Crippen LogP contribution is -2.48. The number of carbonyl (C=O) groups excluding carboxylic acids is 2. The van der Waals surface area contributed by atoms with Crippen LogP contribution in [0.4, 0.5) is 10.5 Å². The van der Waals surface area contributed by atoms with Crippen LogP contribution in [0, 0.1) is 0 Å². The highest BCUT2D eigenvalue weighted by molar-refractivity contribution is 5.94. The normalized spacial score (nSPS) is 15.7. The maximum absolute atomic E-state index is 12.3. The first-order chi connectivity index (χ1) is 10.0. The van der Waals surface area contributed by atoms with E-state index < -0.39 is 12.1 Å². The van der Waals surface area contributed by atoms with Gasteiger partial charge in [0.1, 0.15) is 0 Å². The van der Waals surface area contributed by atoms with Gasteiger partial charge in [-0.1, -0.05) is 18.2 Å². The highest BCUT2D eigenvalue weighted by Gasteiger charge is 2.29. The standard InChI is InChI=1S/C15H20N2O4/c1-3-21-14(19)8-12(18)10-17-13-7-5-4-6-11(13)9-16(2)15(17)20/h4-7,12,18H,3,8-10H2,1-2H3. The Hall–Kier alpha value is -2.08. The van der Waals surface area contributed by atoms with E-state index in [0.29, 0.717) is 6.54 Å². The molecule has 6 heteroatoms. The molecule has 1 aliphatic rings. The van der Waals surface area contributed by atoms with Crippen LogP contribution < -0.4 is 4.90 Å². The number of esters is 1. The Morgan fingerprint density at radius 3 is 2.86 bits per heavy atom. The molecule has 2 rings (SSSR count). The molecule has 0 saturated heterocycles. The second-order valence-electron chi connectivity index (χ2n) is 5.04. The molecule has 6 nitrogen and oxygen atoms in total. The monoisotopic (exact) mass is 292 g/mol. The van der Waals surface area contributed by atoms with Crippen molar-refractivity contribution in [3.05, 3.63) is 29.8 Å². The van der Waals surface area contributed by atoms with Crippen LogP contribution >= 0.6 is 0 Å². The summed E-state index contributed by atoms with van der Waals surface area (Å²) in [5.41, 5.74) is 1.80. The molecule has 0 spiro atoms. The van der Waals surface area contributed by atoms with Crippen LogP contribution in [0.1, 0.15) is 18.9 Å². The number of benzene rings is 1. The number of rotatable bonds is 5. The number of hydrogen-bond donors (Lipinski definition) is 1. The number of fused-ring (bicyclic) bond motifs is 1. The van der Waals surface area contributed by atoms with Gasteiger partial charge in [-0.3, -0.25) is 9.69 Å². The maximum atomic E-state index is 12.3. The summed E-state index contributed by atoms with van der Waals surface area (Å²) in [6, 6.07) is 7.37. The summed E-state index contributed by atoms with van der Waals surface area (Å²) >= 11 is 0. The number of urea groups is 1. The molecule has 1 aliphatic heterocycles. The number of β-amino-alcohol motifs (C(OH)–C–C–N with tert-alkyl or cyclic N) is 1. The molecule has 0 fully saturated rings. The van der Waals surface area contributed by atoms with Crippen molar-refractivity contribution >= 4 is 17.7 Å². The third kappa shape index (κ3) is 3.52. The number of aliphatic hydroxyl groups is 1. The summed E-state index contributed by atoms with van der Waals surface area (Å²) in [6.07, 6.45) is -1.07. The zero-order valence-electron chi connectivity index (χ0n) is 12.3. The number of aliphatic hydroxyl groups excluding tert-OH is 1. The molecule has 1 aromatic carbocycles. The Morgan fingerprint density at radius 2 is 2.14 bits per heavy atom. The summed E-state index contributed by atoms with van der Waals surface area (Å²) in [6.45, 7) is 2.60. The van der Waals surface area contributed by atoms with Crippen LogP contribution in [-0.4, -0.2) is 48.3 Å². The van der Waals surface area contributed by atoms with Crippen molar-refractivity contribution in [1.82, 2.24) is 4.90 Å². The van der Waals surface area contributed by atoms with Gasteiger partial charge in [0.2, 0.25) is 0 Å². The van der Waals surface area contributed by atoms with Crippen LogP contribution in [0.15, 0.2) is 24.3 Å². The van der Waals surface area contributed by atoms with Gasteiger partial charge in [-0.15, -0.1) is 0 Å². The minimum absolute atomic E-state index is 0.0685. The Balaban J connectivity index is 2.11. The fourth-order valence-corrected chi connectivity index (χ4v) is 2.40. The van der Waals surface area contributed by atoms with E-state index in [9.17, 15) is 14.7 Å². The van der Waals surface area contributed by atoms with Gasteiger partial charge in [0.15, 0.2) is 0 Å². The molecule has 0 saturated carbocycles. The second-order valence-corrected chi connectivity index (χ2v) is 5.04. The average molecular weight is 292 g/mol. The molecule has 1 N–H and O–H groups in total. The second kappa shape index (κ2) is 6.58. The van der Waals surface area contributed by atoms with Gasteiger partial charge < -0.3 is 14.7 Å². The van der Waals surface area contributed by atoms with Gasteiger partial charge in [0.05, 0.1) is 31.4 Å². The highest BCUT2D eigenvalue weighted by Crippen LogP contribution is 2.27. The first kappa shape index (κ1) is 15.3. The molecule has 0 bridgehead atoms. The zero-order valence-corrected chi connectivity index (χ0v) is 12.3. The van der Waals surface area contributed by atoms with E-state index in [1.165, 1.54) is 4.90 Å². The third-order valence-electron chi connectivity index (χ3n) is 3.35. The molecule has 0 aliphatic carbocycles. The minimum Gasteiger partial charge on any atom is -0.466 e. The Bertz CT molecular complexity index is 532. The lowest BCUT2D eigenvalue weighted by molar-refractivity contribution is -0.145. The molecule has 1 aromatic rings. The number of carbonyl (C=O) groups is 2. The van der Waals surface area contributed by atoms with Gasteiger partial charge >= 0.3 is 12.0 Å². The van der Waals surface area contributed by atoms with Crippen molar-refractivity contribution in [1.29, 1.82) is 0 Å². The van der Waals surface area contributed by atoms with Crippen molar-refractivity contribution in [2.75, 3.05) is 25.1 Å². The summed E-state index contributed by atoms with van der Waals surface area (Å²) in [7, 11) is 1.71. The molecule has 1 atom stereocenters. The lowest BCUT2D eigenvalue weighted by Gasteiger charge is -2.36. The van der Waals surface area contributed by atoms with Crippen LogP contribution in [0.5, 0.6) is 0 Å². The molecule has 114 valence electrons.